The smallest absolute Gasteiger partial charge is 0.550 e. The SMILES string of the molecule is O=C([O-])Cc1cnc2ccccc2n1.[Li+]. The Morgan fingerprint density at radius 3 is 2.60 bits per heavy atom. The summed E-state index contributed by atoms with van der Waals surface area (Å²) in [5.41, 5.74) is 1.88. The summed E-state index contributed by atoms with van der Waals surface area (Å²) in [6.07, 6.45) is 1.26. The predicted octanol–water partition coefficient (Wildman–Crippen LogP) is -3.07. The van der Waals surface area contributed by atoms with Crippen LogP contribution < -0.4 is 24.0 Å². The number of carboxylic acids is 1. The summed E-state index contributed by atoms with van der Waals surface area (Å²) in [5, 5.41) is 10.3. The number of aromatic nitrogens is 2. The Hall–Kier alpha value is -1.37. The van der Waals surface area contributed by atoms with Crippen molar-refractivity contribution in [3.05, 3.63) is 36.2 Å². The van der Waals surface area contributed by atoms with E-state index in [1.54, 1.807) is 6.07 Å². The monoisotopic (exact) mass is 194 g/mol. The third-order valence-electron chi connectivity index (χ3n) is 1.82. The molecule has 0 saturated heterocycles. The van der Waals surface area contributed by atoms with Crippen molar-refractivity contribution in [3.63, 3.8) is 0 Å². The van der Waals surface area contributed by atoms with Crippen LogP contribution in [0.1, 0.15) is 5.69 Å². The van der Waals surface area contributed by atoms with E-state index in [1.807, 2.05) is 18.2 Å². The van der Waals surface area contributed by atoms with Gasteiger partial charge in [0.15, 0.2) is 0 Å². The average Bonchev–Trinajstić information content (AvgIpc) is 2.17. The van der Waals surface area contributed by atoms with Gasteiger partial charge in [0.1, 0.15) is 0 Å². The number of carboxylic acid groups (broad SMARTS) is 1. The maximum atomic E-state index is 10.3. The van der Waals surface area contributed by atoms with E-state index >= 15 is 0 Å². The Morgan fingerprint density at radius 1 is 1.27 bits per heavy atom. The minimum absolute atomic E-state index is 0. The molecule has 0 spiro atoms. The number of aliphatic carboxylic acids is 1. The second-order valence-corrected chi connectivity index (χ2v) is 2.90. The zero-order valence-electron chi connectivity index (χ0n) is 8.30. The first kappa shape index (κ1) is 11.7. The second kappa shape index (κ2) is 4.92. The van der Waals surface area contributed by atoms with Crippen LogP contribution in [0.25, 0.3) is 11.0 Å². The van der Waals surface area contributed by atoms with E-state index in [0.717, 1.165) is 5.52 Å². The van der Waals surface area contributed by atoms with Gasteiger partial charge >= 0.3 is 18.9 Å². The molecule has 0 radical (unpaired) electrons. The second-order valence-electron chi connectivity index (χ2n) is 2.90. The van der Waals surface area contributed by atoms with Crippen molar-refractivity contribution >= 4 is 17.0 Å². The number of carbonyl (C=O) groups is 1. The Balaban J connectivity index is 0.00000112. The van der Waals surface area contributed by atoms with Gasteiger partial charge in [-0.15, -0.1) is 0 Å². The number of benzene rings is 1. The quantitative estimate of drug-likeness (QED) is 0.476. The summed E-state index contributed by atoms with van der Waals surface area (Å²) in [4.78, 5) is 18.5. The summed E-state index contributed by atoms with van der Waals surface area (Å²) in [7, 11) is 0. The molecule has 0 amide bonds. The normalized spacial score (nSPS) is 9.60. The van der Waals surface area contributed by atoms with Gasteiger partial charge in [-0.1, -0.05) is 12.1 Å². The fourth-order valence-corrected chi connectivity index (χ4v) is 1.23. The van der Waals surface area contributed by atoms with Crippen molar-refractivity contribution in [2.45, 2.75) is 6.42 Å². The molecule has 0 unspecified atom stereocenters. The van der Waals surface area contributed by atoms with Crippen LogP contribution in [0.4, 0.5) is 0 Å². The van der Waals surface area contributed by atoms with E-state index < -0.39 is 5.97 Å². The predicted molar refractivity (Wildman–Crippen MR) is 48.2 cm³/mol. The van der Waals surface area contributed by atoms with Crippen molar-refractivity contribution in [1.29, 1.82) is 0 Å². The average molecular weight is 194 g/mol. The number of fused-ring (bicyclic) bond motifs is 1. The minimum Gasteiger partial charge on any atom is -0.550 e. The van der Waals surface area contributed by atoms with Crippen LogP contribution >= 0.6 is 0 Å². The van der Waals surface area contributed by atoms with Crippen molar-refractivity contribution < 1.29 is 28.8 Å². The topological polar surface area (TPSA) is 65.9 Å². The fraction of sp³-hybridized carbons (Fsp3) is 0.100. The summed E-state index contributed by atoms with van der Waals surface area (Å²) in [6.45, 7) is 0. The molecule has 0 N–H and O–H groups in total. The molecule has 0 aliphatic carbocycles. The number of hydrogen-bond acceptors (Lipinski definition) is 4. The third-order valence-corrected chi connectivity index (χ3v) is 1.82. The molecule has 1 aromatic heterocycles. The minimum atomic E-state index is -1.14. The molecule has 15 heavy (non-hydrogen) atoms. The van der Waals surface area contributed by atoms with Gasteiger partial charge in [0, 0.05) is 18.6 Å². The molecule has 2 aromatic rings. The Morgan fingerprint density at radius 2 is 1.93 bits per heavy atom. The number of hydrogen-bond donors (Lipinski definition) is 0. The van der Waals surface area contributed by atoms with E-state index in [-0.39, 0.29) is 25.3 Å². The Labute approximate surface area is 98.5 Å². The largest absolute Gasteiger partial charge is 1.00 e. The molecule has 1 aromatic carbocycles. The first-order valence-corrected chi connectivity index (χ1v) is 4.16. The first-order valence-electron chi connectivity index (χ1n) is 4.16. The van der Waals surface area contributed by atoms with E-state index in [1.165, 1.54) is 6.20 Å². The van der Waals surface area contributed by atoms with Gasteiger partial charge in [0.25, 0.3) is 0 Å². The third kappa shape index (κ3) is 2.79. The summed E-state index contributed by atoms with van der Waals surface area (Å²) < 4.78 is 0. The van der Waals surface area contributed by atoms with Crippen molar-refractivity contribution in [3.8, 4) is 0 Å². The van der Waals surface area contributed by atoms with Gasteiger partial charge in [-0.2, -0.15) is 0 Å². The van der Waals surface area contributed by atoms with Crippen molar-refractivity contribution in [2.24, 2.45) is 0 Å². The molecule has 4 nitrogen and oxygen atoms in total. The van der Waals surface area contributed by atoms with Crippen LogP contribution in [0.3, 0.4) is 0 Å². The molecule has 0 fully saturated rings. The molecule has 0 atom stereocenters. The molecule has 0 aliphatic rings. The van der Waals surface area contributed by atoms with Crippen LogP contribution in [0.5, 0.6) is 0 Å². The molecular formula is C10H7LiN2O2. The molecular weight excluding hydrogens is 187 g/mol. The van der Waals surface area contributed by atoms with Gasteiger partial charge in [-0.3, -0.25) is 4.98 Å². The van der Waals surface area contributed by atoms with E-state index in [9.17, 15) is 9.90 Å². The summed E-state index contributed by atoms with van der Waals surface area (Å²) >= 11 is 0. The van der Waals surface area contributed by atoms with Gasteiger partial charge in [-0.05, 0) is 12.1 Å². The number of rotatable bonds is 2. The van der Waals surface area contributed by atoms with Crippen LogP contribution in [0.15, 0.2) is 30.5 Å². The van der Waals surface area contributed by atoms with Gasteiger partial charge in [0.05, 0.1) is 16.7 Å². The zero-order chi connectivity index (χ0) is 9.97. The fourth-order valence-electron chi connectivity index (χ4n) is 1.23. The van der Waals surface area contributed by atoms with Crippen LogP contribution in [-0.4, -0.2) is 15.9 Å². The molecule has 0 aliphatic heterocycles. The molecule has 70 valence electrons. The van der Waals surface area contributed by atoms with Gasteiger partial charge in [-0.25, -0.2) is 4.98 Å². The van der Waals surface area contributed by atoms with Crippen molar-refractivity contribution in [1.82, 2.24) is 9.97 Å². The molecule has 0 bridgehead atoms. The molecule has 1 heterocycles. The number of para-hydroxylation sites is 2. The van der Waals surface area contributed by atoms with Crippen LogP contribution in [0.2, 0.25) is 0 Å². The standard InChI is InChI=1S/C10H8N2O2.Li/c13-10(14)5-7-6-11-8-3-1-2-4-9(8)12-7;/h1-4,6H,5H2,(H,13,14);/q;+1/p-1. The first-order chi connectivity index (χ1) is 6.75. The van der Waals surface area contributed by atoms with Crippen LogP contribution in [-0.2, 0) is 11.2 Å². The number of nitrogens with zero attached hydrogens (tertiary/aromatic N) is 2. The number of carbonyl (C=O) groups excluding carboxylic acids is 1. The summed E-state index contributed by atoms with van der Waals surface area (Å²) in [5.74, 6) is -1.14. The van der Waals surface area contributed by atoms with E-state index in [2.05, 4.69) is 9.97 Å². The Bertz CT molecular complexity index is 488. The molecule has 5 heteroatoms. The van der Waals surface area contributed by atoms with Crippen molar-refractivity contribution in [2.75, 3.05) is 0 Å². The Kier molecular flexibility index (Phi) is 3.84. The molecule has 0 saturated carbocycles. The maximum Gasteiger partial charge on any atom is 1.00 e. The van der Waals surface area contributed by atoms with Gasteiger partial charge < -0.3 is 9.90 Å². The van der Waals surface area contributed by atoms with Gasteiger partial charge in [0.2, 0.25) is 0 Å². The van der Waals surface area contributed by atoms with Crippen LogP contribution in [0, 0.1) is 0 Å². The maximum absolute atomic E-state index is 10.3. The molecule has 2 rings (SSSR count). The zero-order valence-corrected chi connectivity index (χ0v) is 8.30. The summed E-state index contributed by atoms with van der Waals surface area (Å²) in [6, 6.07) is 7.31. The van der Waals surface area contributed by atoms with E-state index in [4.69, 9.17) is 0 Å². The van der Waals surface area contributed by atoms with E-state index in [0.29, 0.717) is 11.2 Å².